The fourth-order valence-corrected chi connectivity index (χ4v) is 2.73. The molecule has 0 bridgehead atoms. The minimum atomic E-state index is -0.610. The van der Waals surface area contributed by atoms with Crippen molar-refractivity contribution in [1.29, 1.82) is 0 Å². The molecule has 1 amide bonds. The van der Waals surface area contributed by atoms with Crippen LogP contribution in [0.3, 0.4) is 0 Å². The van der Waals surface area contributed by atoms with E-state index in [0.29, 0.717) is 12.2 Å². The molecule has 8 heteroatoms. The molecule has 0 spiro atoms. The maximum atomic E-state index is 12.5. The number of hydrogen-bond acceptors (Lipinski definition) is 5. The number of fused-ring (bicyclic) bond motifs is 1. The van der Waals surface area contributed by atoms with Gasteiger partial charge in [-0.2, -0.15) is 0 Å². The van der Waals surface area contributed by atoms with Crippen molar-refractivity contribution in [2.45, 2.75) is 46.1 Å². The Balaban J connectivity index is 1.77. The van der Waals surface area contributed by atoms with E-state index in [1.54, 1.807) is 20.8 Å². The Labute approximate surface area is 151 Å². The molecular weight excluding hydrogens is 338 g/mol. The van der Waals surface area contributed by atoms with E-state index in [4.69, 9.17) is 9.57 Å². The van der Waals surface area contributed by atoms with Gasteiger partial charge in [0, 0.05) is 13.1 Å². The molecule has 1 aromatic heterocycles. The smallest absolute Gasteiger partial charge is 0.410 e. The molecule has 1 N–H and O–H groups in total. The lowest BCUT2D eigenvalue weighted by atomic mass is 10.2. The molecule has 1 aliphatic rings. The molecule has 0 aliphatic carbocycles. The largest absolute Gasteiger partial charge is 0.491 e. The van der Waals surface area contributed by atoms with Crippen molar-refractivity contribution in [1.82, 2.24) is 14.2 Å². The van der Waals surface area contributed by atoms with Crippen molar-refractivity contribution in [3.05, 3.63) is 52.1 Å². The first-order valence-electron chi connectivity index (χ1n) is 8.45. The van der Waals surface area contributed by atoms with Gasteiger partial charge in [0.1, 0.15) is 17.9 Å². The van der Waals surface area contributed by atoms with Crippen LogP contribution in [-0.4, -0.2) is 37.5 Å². The topological polar surface area (TPSA) is 85.9 Å². The van der Waals surface area contributed by atoms with E-state index in [2.05, 4.69) is 0 Å². The lowest BCUT2D eigenvalue weighted by Crippen LogP contribution is -2.43. The van der Waals surface area contributed by atoms with Gasteiger partial charge in [0.15, 0.2) is 0 Å². The summed E-state index contributed by atoms with van der Waals surface area (Å²) in [7, 11) is 0. The first-order valence-corrected chi connectivity index (χ1v) is 8.45. The second kappa shape index (κ2) is 6.78. The van der Waals surface area contributed by atoms with E-state index < -0.39 is 17.4 Å². The van der Waals surface area contributed by atoms with Crippen LogP contribution in [0.1, 0.15) is 32.0 Å². The zero-order valence-electron chi connectivity index (χ0n) is 15.1. The average molecular weight is 361 g/mol. The number of carbonyl (C=O) groups excluding carboxylic acids is 1. The monoisotopic (exact) mass is 361 g/mol. The van der Waals surface area contributed by atoms with Crippen molar-refractivity contribution < 1.29 is 19.5 Å². The van der Waals surface area contributed by atoms with E-state index in [1.165, 1.54) is 9.47 Å². The molecule has 0 fully saturated rings. The van der Waals surface area contributed by atoms with Gasteiger partial charge in [0.2, 0.25) is 0 Å². The summed E-state index contributed by atoms with van der Waals surface area (Å²) in [6.07, 6.45) is -0.478. The molecule has 140 valence electrons. The van der Waals surface area contributed by atoms with Gasteiger partial charge >= 0.3 is 11.8 Å². The van der Waals surface area contributed by atoms with Crippen molar-refractivity contribution in [2.24, 2.45) is 0 Å². The summed E-state index contributed by atoms with van der Waals surface area (Å²) in [5, 5.41) is 10.4. The van der Waals surface area contributed by atoms with Gasteiger partial charge in [0.25, 0.3) is 5.88 Å². The molecular formula is C18H23N3O5. The standard InChI is InChI=1S/C18H23N3O5/c1-18(2,3)26-17(24)19-9-10-20-14(11-19)15(22)21(16(20)23)25-12-13-7-5-4-6-8-13/h4-8,22H,9-12H2,1-3H3. The lowest BCUT2D eigenvalue weighted by Gasteiger charge is -2.30. The highest BCUT2D eigenvalue weighted by Crippen LogP contribution is 2.22. The number of nitrogens with zero attached hydrogens (tertiary/aromatic N) is 3. The predicted molar refractivity (Wildman–Crippen MR) is 93.7 cm³/mol. The Bertz CT molecular complexity index is 848. The molecule has 0 saturated heterocycles. The van der Waals surface area contributed by atoms with E-state index in [9.17, 15) is 14.7 Å². The van der Waals surface area contributed by atoms with Crippen molar-refractivity contribution >= 4 is 6.09 Å². The summed E-state index contributed by atoms with van der Waals surface area (Å²) >= 11 is 0. The summed E-state index contributed by atoms with van der Waals surface area (Å²) < 4.78 is 7.65. The summed E-state index contributed by atoms with van der Waals surface area (Å²) in [6.45, 7) is 6.18. The molecule has 0 unspecified atom stereocenters. The van der Waals surface area contributed by atoms with Crippen molar-refractivity contribution in [2.75, 3.05) is 6.54 Å². The Morgan fingerprint density at radius 3 is 2.54 bits per heavy atom. The van der Waals surface area contributed by atoms with Gasteiger partial charge < -0.3 is 19.6 Å². The van der Waals surface area contributed by atoms with Gasteiger partial charge in [-0.1, -0.05) is 35.1 Å². The van der Waals surface area contributed by atoms with Crippen LogP contribution in [0.25, 0.3) is 0 Å². The van der Waals surface area contributed by atoms with Crippen LogP contribution in [0.2, 0.25) is 0 Å². The number of aromatic hydroxyl groups is 1. The molecule has 2 heterocycles. The first-order chi connectivity index (χ1) is 12.3. The fourth-order valence-electron chi connectivity index (χ4n) is 2.73. The Morgan fingerprint density at radius 1 is 1.19 bits per heavy atom. The molecule has 3 rings (SSSR count). The fraction of sp³-hybridized carbons (Fsp3) is 0.444. The third-order valence-corrected chi connectivity index (χ3v) is 3.97. The third-order valence-electron chi connectivity index (χ3n) is 3.97. The highest BCUT2D eigenvalue weighted by Gasteiger charge is 2.31. The number of imidazole rings is 1. The number of hydrogen-bond donors (Lipinski definition) is 1. The Kier molecular flexibility index (Phi) is 4.67. The quantitative estimate of drug-likeness (QED) is 0.900. The molecule has 0 saturated carbocycles. The molecule has 8 nitrogen and oxygen atoms in total. The van der Waals surface area contributed by atoms with Crippen molar-refractivity contribution in [3.8, 4) is 5.88 Å². The number of aromatic nitrogens is 2. The van der Waals surface area contributed by atoms with Gasteiger partial charge in [0.05, 0.1) is 6.54 Å². The highest BCUT2D eigenvalue weighted by atomic mass is 16.7. The number of benzene rings is 1. The van der Waals surface area contributed by atoms with Crippen LogP contribution in [0.4, 0.5) is 4.79 Å². The molecule has 0 radical (unpaired) electrons. The van der Waals surface area contributed by atoms with Crippen molar-refractivity contribution in [3.63, 3.8) is 0 Å². The maximum Gasteiger partial charge on any atom is 0.410 e. The minimum Gasteiger partial charge on any atom is -0.491 e. The van der Waals surface area contributed by atoms with Crippen LogP contribution in [-0.2, 0) is 24.4 Å². The van der Waals surface area contributed by atoms with Crippen LogP contribution in [0.5, 0.6) is 5.88 Å². The second-order valence-corrected chi connectivity index (χ2v) is 7.16. The van der Waals surface area contributed by atoms with Gasteiger partial charge in [-0.15, -0.1) is 0 Å². The minimum absolute atomic E-state index is 0.0810. The van der Waals surface area contributed by atoms with Crippen LogP contribution >= 0.6 is 0 Å². The normalized spacial score (nSPS) is 14.0. The van der Waals surface area contributed by atoms with E-state index >= 15 is 0 Å². The summed E-state index contributed by atoms with van der Waals surface area (Å²) in [5.74, 6) is -0.292. The third kappa shape index (κ3) is 3.68. The Morgan fingerprint density at radius 2 is 1.88 bits per heavy atom. The maximum absolute atomic E-state index is 12.5. The molecule has 26 heavy (non-hydrogen) atoms. The van der Waals surface area contributed by atoms with Crippen LogP contribution < -0.4 is 10.5 Å². The first kappa shape index (κ1) is 17.9. The molecule has 1 aliphatic heterocycles. The molecule has 2 aromatic rings. The van der Waals surface area contributed by atoms with E-state index in [0.717, 1.165) is 10.3 Å². The summed E-state index contributed by atoms with van der Waals surface area (Å²) in [4.78, 5) is 31.6. The van der Waals surface area contributed by atoms with Gasteiger partial charge in [-0.05, 0) is 26.3 Å². The van der Waals surface area contributed by atoms with Crippen LogP contribution in [0.15, 0.2) is 35.1 Å². The Hall–Kier alpha value is -2.90. The van der Waals surface area contributed by atoms with E-state index in [-0.39, 0.29) is 25.6 Å². The zero-order valence-corrected chi connectivity index (χ0v) is 15.1. The SMILES string of the molecule is CC(C)(C)OC(=O)N1CCn2c(c(O)n(OCc3ccccc3)c2=O)C1. The molecule has 1 aromatic carbocycles. The summed E-state index contributed by atoms with van der Waals surface area (Å²) in [5.41, 5.74) is 0.136. The number of carbonyl (C=O) groups is 1. The number of amides is 1. The van der Waals surface area contributed by atoms with Crippen LogP contribution in [0, 0.1) is 0 Å². The zero-order chi connectivity index (χ0) is 18.9. The molecule has 0 atom stereocenters. The number of rotatable bonds is 3. The van der Waals surface area contributed by atoms with Gasteiger partial charge in [-0.25, -0.2) is 9.59 Å². The summed E-state index contributed by atoms with van der Waals surface area (Å²) in [6, 6.07) is 9.34. The highest BCUT2D eigenvalue weighted by molar-refractivity contribution is 5.68. The van der Waals surface area contributed by atoms with Gasteiger partial charge in [-0.3, -0.25) is 4.57 Å². The number of ether oxygens (including phenoxy) is 1. The van der Waals surface area contributed by atoms with E-state index in [1.807, 2.05) is 30.3 Å². The average Bonchev–Trinajstić information content (AvgIpc) is 2.83. The predicted octanol–water partition coefficient (Wildman–Crippen LogP) is 1.73. The lowest BCUT2D eigenvalue weighted by molar-refractivity contribution is 0.0196. The second-order valence-electron chi connectivity index (χ2n) is 7.16.